The molecule has 1 atom stereocenters. The van der Waals surface area contributed by atoms with Crippen LogP contribution in [0.3, 0.4) is 0 Å². The maximum absolute atomic E-state index is 5.84. The van der Waals surface area contributed by atoms with Crippen LogP contribution < -0.4 is 10.1 Å². The van der Waals surface area contributed by atoms with Gasteiger partial charge >= 0.3 is 0 Å². The third-order valence-electron chi connectivity index (χ3n) is 3.94. The lowest BCUT2D eigenvalue weighted by molar-refractivity contribution is 0.146. The number of halogens is 1. The van der Waals surface area contributed by atoms with Crippen LogP contribution in [0.2, 0.25) is 0 Å². The average Bonchev–Trinajstić information content (AvgIpc) is 2.48. The van der Waals surface area contributed by atoms with Gasteiger partial charge in [-0.1, -0.05) is 28.9 Å². The number of benzene rings is 1. The van der Waals surface area contributed by atoms with Crippen LogP contribution in [0.1, 0.15) is 26.2 Å². The van der Waals surface area contributed by atoms with Crippen LogP contribution in [0.5, 0.6) is 5.75 Å². The lowest BCUT2D eigenvalue weighted by atomic mass is 9.98. The van der Waals surface area contributed by atoms with Crippen molar-refractivity contribution in [3.05, 3.63) is 28.7 Å². The van der Waals surface area contributed by atoms with Crippen molar-refractivity contribution >= 4 is 15.9 Å². The summed E-state index contributed by atoms with van der Waals surface area (Å²) in [5, 5.41) is 3.55. The summed E-state index contributed by atoms with van der Waals surface area (Å²) in [6.07, 6.45) is 3.89. The molecule has 1 heterocycles. The highest BCUT2D eigenvalue weighted by Gasteiger charge is 2.19. The van der Waals surface area contributed by atoms with Crippen molar-refractivity contribution in [2.45, 2.75) is 26.2 Å². The standard InChI is InChI=1S/C17H27BrN2O/c1-2-8-19-13-15-5-4-9-20(14-15)10-11-21-17-7-3-6-16(18)12-17/h3,6-7,12,15,19H,2,4-5,8-11,13-14H2,1H3. The van der Waals surface area contributed by atoms with Crippen molar-refractivity contribution in [3.8, 4) is 5.75 Å². The van der Waals surface area contributed by atoms with Crippen LogP contribution in [0.4, 0.5) is 0 Å². The first kappa shape index (κ1) is 16.8. The van der Waals surface area contributed by atoms with Gasteiger partial charge in [0.05, 0.1) is 0 Å². The SMILES string of the molecule is CCCNCC1CCCN(CCOc2cccc(Br)c2)C1. The number of piperidine rings is 1. The van der Waals surface area contributed by atoms with Gasteiger partial charge in [-0.3, -0.25) is 4.90 Å². The van der Waals surface area contributed by atoms with E-state index in [-0.39, 0.29) is 0 Å². The normalized spacial score (nSPS) is 19.6. The van der Waals surface area contributed by atoms with Crippen LogP contribution >= 0.6 is 15.9 Å². The zero-order chi connectivity index (χ0) is 14.9. The Morgan fingerprint density at radius 3 is 3.14 bits per heavy atom. The first-order chi connectivity index (χ1) is 10.3. The number of hydrogen-bond acceptors (Lipinski definition) is 3. The van der Waals surface area contributed by atoms with Gasteiger partial charge in [0.25, 0.3) is 0 Å². The Balaban J connectivity index is 1.65. The van der Waals surface area contributed by atoms with Gasteiger partial charge in [-0.2, -0.15) is 0 Å². The Hall–Kier alpha value is -0.580. The fourth-order valence-corrected chi connectivity index (χ4v) is 3.23. The molecule has 0 bridgehead atoms. The largest absolute Gasteiger partial charge is 0.492 e. The van der Waals surface area contributed by atoms with E-state index in [0.29, 0.717) is 0 Å². The van der Waals surface area contributed by atoms with Gasteiger partial charge in [-0.15, -0.1) is 0 Å². The van der Waals surface area contributed by atoms with Crippen LogP contribution in [-0.2, 0) is 0 Å². The van der Waals surface area contributed by atoms with Crippen LogP contribution in [0, 0.1) is 5.92 Å². The van der Waals surface area contributed by atoms with Crippen LogP contribution in [-0.4, -0.2) is 44.2 Å². The molecule has 1 aromatic rings. The molecule has 1 saturated heterocycles. The lowest BCUT2D eigenvalue weighted by Gasteiger charge is -2.32. The van der Waals surface area contributed by atoms with E-state index in [1.165, 1.54) is 32.4 Å². The van der Waals surface area contributed by atoms with Crippen molar-refractivity contribution in [2.75, 3.05) is 39.3 Å². The molecule has 1 N–H and O–H groups in total. The molecule has 0 aliphatic carbocycles. The van der Waals surface area contributed by atoms with Gasteiger partial charge in [-0.05, 0) is 63.0 Å². The van der Waals surface area contributed by atoms with E-state index in [0.717, 1.165) is 42.4 Å². The molecule has 0 radical (unpaired) electrons. The fourth-order valence-electron chi connectivity index (χ4n) is 2.85. The summed E-state index contributed by atoms with van der Waals surface area (Å²) < 4.78 is 6.91. The van der Waals surface area contributed by atoms with Crippen molar-refractivity contribution < 1.29 is 4.74 Å². The number of likely N-dealkylation sites (tertiary alicyclic amines) is 1. The summed E-state index contributed by atoms with van der Waals surface area (Å²) in [7, 11) is 0. The predicted octanol–water partition coefficient (Wildman–Crippen LogP) is 3.54. The molecule has 4 heteroatoms. The molecule has 1 aromatic carbocycles. The third-order valence-corrected chi connectivity index (χ3v) is 4.43. The molecule has 1 aliphatic rings. The maximum Gasteiger partial charge on any atom is 0.120 e. The molecule has 1 aliphatic heterocycles. The number of hydrogen-bond donors (Lipinski definition) is 1. The summed E-state index contributed by atoms with van der Waals surface area (Å²) in [6.45, 7) is 8.74. The maximum atomic E-state index is 5.84. The summed E-state index contributed by atoms with van der Waals surface area (Å²) in [5.41, 5.74) is 0. The highest BCUT2D eigenvalue weighted by Crippen LogP contribution is 2.18. The minimum absolute atomic E-state index is 0.769. The lowest BCUT2D eigenvalue weighted by Crippen LogP contribution is -2.41. The van der Waals surface area contributed by atoms with Crippen molar-refractivity contribution in [3.63, 3.8) is 0 Å². The molecule has 0 amide bonds. The summed E-state index contributed by atoms with van der Waals surface area (Å²) >= 11 is 3.47. The predicted molar refractivity (Wildman–Crippen MR) is 92.0 cm³/mol. The minimum atomic E-state index is 0.769. The fraction of sp³-hybridized carbons (Fsp3) is 0.647. The van der Waals surface area contributed by atoms with Crippen molar-refractivity contribution in [1.29, 1.82) is 0 Å². The molecule has 3 nitrogen and oxygen atoms in total. The molecule has 0 saturated carbocycles. The summed E-state index contributed by atoms with van der Waals surface area (Å²) in [6, 6.07) is 8.06. The number of nitrogens with zero attached hydrogens (tertiary/aromatic N) is 1. The Morgan fingerprint density at radius 1 is 1.43 bits per heavy atom. The molecule has 21 heavy (non-hydrogen) atoms. The molecule has 1 unspecified atom stereocenters. The van der Waals surface area contributed by atoms with E-state index in [1.54, 1.807) is 0 Å². The third kappa shape index (κ3) is 6.37. The smallest absolute Gasteiger partial charge is 0.120 e. The summed E-state index contributed by atoms with van der Waals surface area (Å²) in [4.78, 5) is 2.54. The van der Waals surface area contributed by atoms with E-state index < -0.39 is 0 Å². The van der Waals surface area contributed by atoms with E-state index in [4.69, 9.17) is 4.74 Å². The van der Waals surface area contributed by atoms with Gasteiger partial charge in [0.2, 0.25) is 0 Å². The summed E-state index contributed by atoms with van der Waals surface area (Å²) in [5.74, 6) is 1.75. The minimum Gasteiger partial charge on any atom is -0.492 e. The first-order valence-corrected chi connectivity index (χ1v) is 8.88. The molecule has 0 spiro atoms. The monoisotopic (exact) mass is 354 g/mol. The van der Waals surface area contributed by atoms with Gasteiger partial charge < -0.3 is 10.1 Å². The number of ether oxygens (including phenoxy) is 1. The van der Waals surface area contributed by atoms with E-state index in [9.17, 15) is 0 Å². The van der Waals surface area contributed by atoms with E-state index in [2.05, 4.69) is 33.1 Å². The quantitative estimate of drug-likeness (QED) is 0.722. The van der Waals surface area contributed by atoms with Gasteiger partial charge in [0.15, 0.2) is 0 Å². The number of rotatable bonds is 8. The van der Waals surface area contributed by atoms with E-state index >= 15 is 0 Å². The van der Waals surface area contributed by atoms with Crippen molar-refractivity contribution in [1.82, 2.24) is 10.2 Å². The Bertz CT molecular complexity index is 414. The molecule has 0 aromatic heterocycles. The first-order valence-electron chi connectivity index (χ1n) is 8.09. The average molecular weight is 355 g/mol. The number of nitrogens with one attached hydrogen (secondary N) is 1. The second-order valence-corrected chi connectivity index (χ2v) is 6.73. The second kappa shape index (κ2) is 9.44. The van der Waals surface area contributed by atoms with Gasteiger partial charge in [0.1, 0.15) is 12.4 Å². The molecular formula is C17H27BrN2O. The highest BCUT2D eigenvalue weighted by atomic mass is 79.9. The Kier molecular flexibility index (Phi) is 7.54. The molecular weight excluding hydrogens is 328 g/mol. The zero-order valence-corrected chi connectivity index (χ0v) is 14.6. The molecule has 2 rings (SSSR count). The van der Waals surface area contributed by atoms with E-state index in [1.807, 2.05) is 24.3 Å². The van der Waals surface area contributed by atoms with Crippen LogP contribution in [0.15, 0.2) is 28.7 Å². The van der Waals surface area contributed by atoms with Crippen LogP contribution in [0.25, 0.3) is 0 Å². The Morgan fingerprint density at radius 2 is 2.33 bits per heavy atom. The van der Waals surface area contributed by atoms with Gasteiger partial charge in [0, 0.05) is 17.6 Å². The topological polar surface area (TPSA) is 24.5 Å². The van der Waals surface area contributed by atoms with Gasteiger partial charge in [-0.25, -0.2) is 0 Å². The molecule has 1 fully saturated rings. The Labute approximate surface area is 137 Å². The highest BCUT2D eigenvalue weighted by molar-refractivity contribution is 9.10. The zero-order valence-electron chi connectivity index (χ0n) is 13.0. The van der Waals surface area contributed by atoms with Crippen molar-refractivity contribution in [2.24, 2.45) is 5.92 Å². The molecule has 118 valence electrons. The second-order valence-electron chi connectivity index (χ2n) is 5.82.